The van der Waals surface area contributed by atoms with Crippen molar-refractivity contribution >= 4 is 33.9 Å². The quantitative estimate of drug-likeness (QED) is 0.505. The zero-order valence-electron chi connectivity index (χ0n) is 13.5. The van der Waals surface area contributed by atoms with E-state index in [1.165, 1.54) is 0 Å². The number of hydrogen-bond donors (Lipinski definition) is 2. The van der Waals surface area contributed by atoms with Gasteiger partial charge >= 0.3 is 5.69 Å². The second-order valence-corrected chi connectivity index (χ2v) is 6.80. The molecule has 8 nitrogen and oxygen atoms in total. The summed E-state index contributed by atoms with van der Waals surface area (Å²) >= 11 is 0. The van der Waals surface area contributed by atoms with E-state index >= 15 is 0 Å². The number of hydrogen-bond acceptors (Lipinski definition) is 7. The molecule has 132 valence electrons. The van der Waals surface area contributed by atoms with Crippen molar-refractivity contribution in [2.45, 2.75) is 10.6 Å². The summed E-state index contributed by atoms with van der Waals surface area (Å²) < 4.78 is 12.4. The smallest absolute Gasteiger partial charge is 0.329 e. The van der Waals surface area contributed by atoms with E-state index in [1.54, 1.807) is 6.07 Å². The lowest BCUT2D eigenvalue weighted by Gasteiger charge is -2.08. The van der Waals surface area contributed by atoms with Crippen LogP contribution in [0.4, 0.5) is 23.1 Å². The molecule has 3 aromatic rings. The average molecular weight is 369 g/mol. The summed E-state index contributed by atoms with van der Waals surface area (Å²) in [7, 11) is -1.16. The van der Waals surface area contributed by atoms with Gasteiger partial charge in [-0.15, -0.1) is 0 Å². The van der Waals surface area contributed by atoms with Gasteiger partial charge in [-0.3, -0.25) is 14.3 Å². The van der Waals surface area contributed by atoms with Crippen LogP contribution in [0, 0.1) is 10.1 Å². The van der Waals surface area contributed by atoms with Gasteiger partial charge in [0, 0.05) is 10.6 Å². The molecule has 0 aliphatic rings. The van der Waals surface area contributed by atoms with Gasteiger partial charge in [0.05, 0.1) is 21.5 Å². The van der Waals surface area contributed by atoms with Crippen LogP contribution in [0.2, 0.25) is 0 Å². The standard InChI is InChI=1S/C17H15N5O3S/c18-16-15(22(23)24)10-19-17(21-16)20-13-6-4-5-12(9-13)11-26(25)14-7-2-1-3-8-14/h1-10H,11H2,(H3,18,19,20,21). The molecule has 3 N–H and O–H groups in total. The largest absolute Gasteiger partial charge is 0.378 e. The third-order valence-electron chi connectivity index (χ3n) is 3.48. The first kappa shape index (κ1) is 17.5. The van der Waals surface area contributed by atoms with E-state index in [-0.39, 0.29) is 17.5 Å². The maximum absolute atomic E-state index is 12.4. The van der Waals surface area contributed by atoms with Crippen LogP contribution >= 0.6 is 0 Å². The third-order valence-corrected chi connectivity index (χ3v) is 4.88. The minimum atomic E-state index is -1.16. The molecule has 0 radical (unpaired) electrons. The Morgan fingerprint density at radius 3 is 2.62 bits per heavy atom. The van der Waals surface area contributed by atoms with Crippen LogP contribution in [0.5, 0.6) is 0 Å². The lowest BCUT2D eigenvalue weighted by atomic mass is 10.2. The highest BCUT2D eigenvalue weighted by molar-refractivity contribution is 7.84. The van der Waals surface area contributed by atoms with Crippen LogP contribution in [-0.4, -0.2) is 19.1 Å². The van der Waals surface area contributed by atoms with Crippen molar-refractivity contribution in [2.24, 2.45) is 0 Å². The van der Waals surface area contributed by atoms with Gasteiger partial charge in [-0.05, 0) is 29.8 Å². The van der Waals surface area contributed by atoms with Crippen LogP contribution in [-0.2, 0) is 16.6 Å². The summed E-state index contributed by atoms with van der Waals surface area (Å²) in [5.41, 5.74) is 6.75. The fourth-order valence-electron chi connectivity index (χ4n) is 2.26. The number of rotatable bonds is 6. The lowest BCUT2D eigenvalue weighted by Crippen LogP contribution is -2.04. The molecule has 0 fully saturated rings. The van der Waals surface area contributed by atoms with Crippen LogP contribution in [0.15, 0.2) is 65.7 Å². The first-order chi connectivity index (χ1) is 12.5. The molecule has 0 aliphatic heterocycles. The first-order valence-electron chi connectivity index (χ1n) is 7.59. The molecule has 3 rings (SSSR count). The van der Waals surface area contributed by atoms with Gasteiger partial charge in [0.2, 0.25) is 11.8 Å². The predicted molar refractivity (Wildman–Crippen MR) is 99.4 cm³/mol. The number of nitro groups is 1. The topological polar surface area (TPSA) is 124 Å². The van der Waals surface area contributed by atoms with E-state index in [0.717, 1.165) is 16.7 Å². The summed E-state index contributed by atoms with van der Waals surface area (Å²) in [6.45, 7) is 0. The molecule has 1 atom stereocenters. The molecule has 0 bridgehead atoms. The van der Waals surface area contributed by atoms with E-state index < -0.39 is 15.7 Å². The van der Waals surface area contributed by atoms with Crippen LogP contribution in [0.25, 0.3) is 0 Å². The molecule has 9 heteroatoms. The second kappa shape index (κ2) is 7.70. The SMILES string of the molecule is Nc1nc(Nc2cccc(CS(=O)c3ccccc3)c2)ncc1[N+](=O)[O-]. The van der Waals surface area contributed by atoms with Crippen molar-refractivity contribution in [3.8, 4) is 0 Å². The first-order valence-corrected chi connectivity index (χ1v) is 8.91. The Labute approximate surface area is 151 Å². The molecule has 0 spiro atoms. The molecule has 1 unspecified atom stereocenters. The molecule has 2 aromatic carbocycles. The summed E-state index contributed by atoms with van der Waals surface area (Å²) in [4.78, 5) is 18.6. The second-order valence-electron chi connectivity index (χ2n) is 5.35. The minimum absolute atomic E-state index is 0.148. The third kappa shape index (κ3) is 4.19. The molecule has 0 amide bonds. The molecule has 1 aromatic heterocycles. The monoisotopic (exact) mass is 369 g/mol. The molecule has 26 heavy (non-hydrogen) atoms. The van der Waals surface area contributed by atoms with Gasteiger partial charge in [-0.1, -0.05) is 30.3 Å². The molecule has 1 heterocycles. The zero-order valence-corrected chi connectivity index (χ0v) is 14.3. The maximum atomic E-state index is 12.4. The van der Waals surface area contributed by atoms with E-state index in [0.29, 0.717) is 11.4 Å². The number of benzene rings is 2. The van der Waals surface area contributed by atoms with Crippen molar-refractivity contribution in [3.05, 3.63) is 76.5 Å². The van der Waals surface area contributed by atoms with Crippen LogP contribution < -0.4 is 11.1 Å². The van der Waals surface area contributed by atoms with E-state index in [4.69, 9.17) is 5.73 Å². The van der Waals surface area contributed by atoms with E-state index in [2.05, 4.69) is 15.3 Å². The summed E-state index contributed by atoms with van der Waals surface area (Å²) in [5, 5.41) is 13.7. The minimum Gasteiger partial charge on any atom is -0.378 e. The van der Waals surface area contributed by atoms with Crippen molar-refractivity contribution in [1.82, 2.24) is 9.97 Å². The Kier molecular flexibility index (Phi) is 5.18. The zero-order chi connectivity index (χ0) is 18.5. The van der Waals surface area contributed by atoms with Crippen molar-refractivity contribution < 1.29 is 9.13 Å². The summed E-state index contributed by atoms with van der Waals surface area (Å²) in [6.07, 6.45) is 1.05. The molecular weight excluding hydrogens is 354 g/mol. The normalized spacial score (nSPS) is 11.7. The van der Waals surface area contributed by atoms with Crippen LogP contribution in [0.1, 0.15) is 5.56 Å². The average Bonchev–Trinajstić information content (AvgIpc) is 2.62. The van der Waals surface area contributed by atoms with Crippen molar-refractivity contribution in [1.29, 1.82) is 0 Å². The Morgan fingerprint density at radius 1 is 1.15 bits per heavy atom. The molecular formula is C17H15N5O3S. The van der Waals surface area contributed by atoms with Gasteiger partial charge in [0.25, 0.3) is 0 Å². The van der Waals surface area contributed by atoms with Crippen LogP contribution in [0.3, 0.4) is 0 Å². The highest BCUT2D eigenvalue weighted by Gasteiger charge is 2.14. The summed E-state index contributed by atoms with van der Waals surface area (Å²) in [6, 6.07) is 16.5. The van der Waals surface area contributed by atoms with E-state index in [9.17, 15) is 14.3 Å². The maximum Gasteiger partial charge on any atom is 0.329 e. The van der Waals surface area contributed by atoms with Gasteiger partial charge in [-0.2, -0.15) is 4.98 Å². The fraction of sp³-hybridized carbons (Fsp3) is 0.0588. The summed E-state index contributed by atoms with van der Waals surface area (Å²) in [5.74, 6) is 0.297. The van der Waals surface area contributed by atoms with Gasteiger partial charge in [0.15, 0.2) is 0 Å². The Balaban J connectivity index is 1.74. The number of aromatic nitrogens is 2. The number of nitrogen functional groups attached to an aromatic ring is 1. The Morgan fingerprint density at radius 2 is 1.92 bits per heavy atom. The van der Waals surface area contributed by atoms with Gasteiger partial charge < -0.3 is 11.1 Å². The lowest BCUT2D eigenvalue weighted by molar-refractivity contribution is -0.384. The van der Waals surface area contributed by atoms with Gasteiger partial charge in [-0.25, -0.2) is 4.98 Å². The Bertz CT molecular complexity index is 966. The number of anilines is 3. The molecule has 0 aliphatic carbocycles. The predicted octanol–water partition coefficient (Wildman–Crippen LogP) is 3.02. The highest BCUT2D eigenvalue weighted by Crippen LogP contribution is 2.22. The van der Waals surface area contributed by atoms with Crippen molar-refractivity contribution in [2.75, 3.05) is 11.1 Å². The number of nitrogens with one attached hydrogen (secondary N) is 1. The molecule has 0 saturated carbocycles. The number of nitrogens with zero attached hydrogens (tertiary/aromatic N) is 3. The van der Waals surface area contributed by atoms with Gasteiger partial charge in [0.1, 0.15) is 6.20 Å². The van der Waals surface area contributed by atoms with E-state index in [1.807, 2.05) is 48.5 Å². The highest BCUT2D eigenvalue weighted by atomic mass is 32.2. The number of nitrogens with two attached hydrogens (primary N) is 1. The fourth-order valence-corrected chi connectivity index (χ4v) is 3.37. The van der Waals surface area contributed by atoms with Crippen molar-refractivity contribution in [3.63, 3.8) is 0 Å². The molecule has 0 saturated heterocycles. The Hall–Kier alpha value is -3.33.